The Morgan fingerprint density at radius 2 is 1.95 bits per heavy atom. The third-order valence-electron chi connectivity index (χ3n) is 3.59. The van der Waals surface area contributed by atoms with Crippen molar-refractivity contribution in [3.05, 3.63) is 65.9 Å². The first-order chi connectivity index (χ1) is 9.83. The van der Waals surface area contributed by atoms with E-state index in [4.69, 9.17) is 0 Å². The standard InChI is InChI=1S/C18H15NO/c1-2-13-11-15(8-9-16(13)12-20)17-7-3-5-14-6-4-10-19-18(14)17/h3-12H,2H2,1H3. The highest BCUT2D eigenvalue weighted by atomic mass is 16.1. The molecular weight excluding hydrogens is 246 g/mol. The van der Waals surface area contributed by atoms with E-state index in [9.17, 15) is 4.79 Å². The molecule has 0 atom stereocenters. The Balaban J connectivity index is 2.23. The van der Waals surface area contributed by atoms with Crippen LogP contribution in [0.1, 0.15) is 22.8 Å². The number of hydrogen-bond acceptors (Lipinski definition) is 2. The van der Waals surface area contributed by atoms with Gasteiger partial charge in [0.25, 0.3) is 0 Å². The number of pyridine rings is 1. The first kappa shape index (κ1) is 12.5. The van der Waals surface area contributed by atoms with Gasteiger partial charge in [0.05, 0.1) is 5.52 Å². The molecule has 98 valence electrons. The molecule has 0 unspecified atom stereocenters. The van der Waals surface area contributed by atoms with Crippen LogP contribution < -0.4 is 0 Å². The van der Waals surface area contributed by atoms with Crippen LogP contribution in [0.4, 0.5) is 0 Å². The minimum atomic E-state index is 0.768. The second-order valence-electron chi connectivity index (χ2n) is 4.77. The SMILES string of the molecule is CCc1cc(-c2cccc3cccnc23)ccc1C=O. The number of para-hydroxylation sites is 1. The molecule has 2 nitrogen and oxygen atoms in total. The van der Waals surface area contributed by atoms with Crippen LogP contribution in [-0.4, -0.2) is 11.3 Å². The maximum atomic E-state index is 11.0. The van der Waals surface area contributed by atoms with Crippen LogP contribution in [0.5, 0.6) is 0 Å². The second kappa shape index (κ2) is 5.25. The van der Waals surface area contributed by atoms with E-state index in [1.807, 2.05) is 30.5 Å². The molecule has 1 heterocycles. The summed E-state index contributed by atoms with van der Waals surface area (Å²) in [5.74, 6) is 0. The Kier molecular flexibility index (Phi) is 3.30. The van der Waals surface area contributed by atoms with Crippen molar-refractivity contribution in [3.63, 3.8) is 0 Å². The summed E-state index contributed by atoms with van der Waals surface area (Å²) in [6, 6.07) is 16.2. The van der Waals surface area contributed by atoms with E-state index < -0.39 is 0 Å². The molecule has 2 heteroatoms. The van der Waals surface area contributed by atoms with Gasteiger partial charge in [0.2, 0.25) is 0 Å². The Morgan fingerprint density at radius 3 is 2.75 bits per heavy atom. The number of aryl methyl sites for hydroxylation is 1. The van der Waals surface area contributed by atoms with Crippen LogP contribution in [0, 0.1) is 0 Å². The maximum absolute atomic E-state index is 11.0. The molecule has 0 aliphatic carbocycles. The van der Waals surface area contributed by atoms with E-state index >= 15 is 0 Å². The van der Waals surface area contributed by atoms with Crippen molar-refractivity contribution in [3.8, 4) is 11.1 Å². The lowest BCUT2D eigenvalue weighted by Gasteiger charge is -2.09. The lowest BCUT2D eigenvalue weighted by atomic mass is 9.96. The number of nitrogens with zero attached hydrogens (tertiary/aromatic N) is 1. The van der Waals surface area contributed by atoms with Gasteiger partial charge in [0.15, 0.2) is 0 Å². The van der Waals surface area contributed by atoms with Gasteiger partial charge in [-0.15, -0.1) is 0 Å². The predicted octanol–water partition coefficient (Wildman–Crippen LogP) is 4.28. The molecule has 0 amide bonds. The summed E-state index contributed by atoms with van der Waals surface area (Å²) in [5.41, 5.74) is 5.05. The van der Waals surface area contributed by atoms with Gasteiger partial charge in [0, 0.05) is 22.7 Å². The summed E-state index contributed by atoms with van der Waals surface area (Å²) in [7, 11) is 0. The van der Waals surface area contributed by atoms with Crippen LogP contribution in [0.15, 0.2) is 54.7 Å². The average Bonchev–Trinajstić information content (AvgIpc) is 2.53. The van der Waals surface area contributed by atoms with Crippen LogP contribution in [-0.2, 0) is 6.42 Å². The Bertz CT molecular complexity index is 772. The smallest absolute Gasteiger partial charge is 0.150 e. The molecular formula is C18H15NO. The van der Waals surface area contributed by atoms with Crippen molar-refractivity contribution in [1.82, 2.24) is 4.98 Å². The first-order valence-corrected chi connectivity index (χ1v) is 6.75. The molecule has 0 saturated heterocycles. The van der Waals surface area contributed by atoms with E-state index in [0.717, 1.165) is 45.9 Å². The largest absolute Gasteiger partial charge is 0.298 e. The monoisotopic (exact) mass is 261 g/mol. The van der Waals surface area contributed by atoms with Crippen molar-refractivity contribution in [2.24, 2.45) is 0 Å². The van der Waals surface area contributed by atoms with Crippen LogP contribution in [0.3, 0.4) is 0 Å². The van der Waals surface area contributed by atoms with E-state index in [1.54, 1.807) is 0 Å². The van der Waals surface area contributed by atoms with E-state index in [0.29, 0.717) is 0 Å². The van der Waals surface area contributed by atoms with Gasteiger partial charge < -0.3 is 0 Å². The average molecular weight is 261 g/mol. The third kappa shape index (κ3) is 2.10. The zero-order valence-corrected chi connectivity index (χ0v) is 11.3. The predicted molar refractivity (Wildman–Crippen MR) is 81.9 cm³/mol. The highest BCUT2D eigenvalue weighted by molar-refractivity contribution is 5.94. The second-order valence-corrected chi connectivity index (χ2v) is 4.77. The van der Waals surface area contributed by atoms with Crippen molar-refractivity contribution in [2.75, 3.05) is 0 Å². The van der Waals surface area contributed by atoms with Crippen molar-refractivity contribution >= 4 is 17.2 Å². The molecule has 0 aliphatic heterocycles. The zero-order chi connectivity index (χ0) is 13.9. The number of fused-ring (bicyclic) bond motifs is 1. The summed E-state index contributed by atoms with van der Waals surface area (Å²) in [6.07, 6.45) is 3.58. The molecule has 2 aromatic carbocycles. The van der Waals surface area contributed by atoms with Gasteiger partial charge in [-0.25, -0.2) is 0 Å². The van der Waals surface area contributed by atoms with E-state index in [2.05, 4.69) is 36.2 Å². The Morgan fingerprint density at radius 1 is 1.10 bits per heavy atom. The number of carbonyl (C=O) groups excluding carboxylic acids is 1. The maximum Gasteiger partial charge on any atom is 0.150 e. The van der Waals surface area contributed by atoms with Gasteiger partial charge in [0.1, 0.15) is 6.29 Å². The van der Waals surface area contributed by atoms with Crippen LogP contribution >= 0.6 is 0 Å². The van der Waals surface area contributed by atoms with Crippen molar-refractivity contribution < 1.29 is 4.79 Å². The number of aromatic nitrogens is 1. The quantitative estimate of drug-likeness (QED) is 0.659. The molecule has 0 bridgehead atoms. The Hall–Kier alpha value is -2.48. The molecule has 3 rings (SSSR count). The highest BCUT2D eigenvalue weighted by Crippen LogP contribution is 2.28. The summed E-state index contributed by atoms with van der Waals surface area (Å²) >= 11 is 0. The topological polar surface area (TPSA) is 30.0 Å². The van der Waals surface area contributed by atoms with Gasteiger partial charge in [-0.3, -0.25) is 9.78 Å². The summed E-state index contributed by atoms with van der Waals surface area (Å²) in [4.78, 5) is 15.5. The van der Waals surface area contributed by atoms with E-state index in [1.165, 1.54) is 0 Å². The number of benzene rings is 2. The summed E-state index contributed by atoms with van der Waals surface area (Å²) in [5, 5.41) is 1.13. The minimum absolute atomic E-state index is 0.768. The molecule has 0 N–H and O–H groups in total. The molecule has 0 aliphatic rings. The minimum Gasteiger partial charge on any atom is -0.298 e. The zero-order valence-electron chi connectivity index (χ0n) is 11.3. The number of carbonyl (C=O) groups is 1. The molecule has 1 aromatic heterocycles. The Labute approximate surface area is 118 Å². The molecule has 0 saturated carbocycles. The van der Waals surface area contributed by atoms with Gasteiger partial charge in [-0.05, 0) is 23.6 Å². The molecule has 0 spiro atoms. The molecule has 3 aromatic rings. The number of rotatable bonds is 3. The van der Waals surface area contributed by atoms with Gasteiger partial charge in [-0.2, -0.15) is 0 Å². The highest BCUT2D eigenvalue weighted by Gasteiger charge is 2.07. The molecule has 20 heavy (non-hydrogen) atoms. The summed E-state index contributed by atoms with van der Waals surface area (Å²) in [6.45, 7) is 2.06. The fourth-order valence-electron chi connectivity index (χ4n) is 2.53. The first-order valence-electron chi connectivity index (χ1n) is 6.75. The van der Waals surface area contributed by atoms with Crippen LogP contribution in [0.25, 0.3) is 22.0 Å². The van der Waals surface area contributed by atoms with Crippen molar-refractivity contribution in [2.45, 2.75) is 13.3 Å². The fraction of sp³-hybridized carbons (Fsp3) is 0.111. The van der Waals surface area contributed by atoms with Gasteiger partial charge >= 0.3 is 0 Å². The van der Waals surface area contributed by atoms with Crippen LogP contribution in [0.2, 0.25) is 0 Å². The normalized spacial score (nSPS) is 10.7. The molecule has 0 fully saturated rings. The summed E-state index contributed by atoms with van der Waals surface area (Å²) < 4.78 is 0. The van der Waals surface area contributed by atoms with E-state index in [-0.39, 0.29) is 0 Å². The van der Waals surface area contributed by atoms with Crippen molar-refractivity contribution in [1.29, 1.82) is 0 Å². The third-order valence-corrected chi connectivity index (χ3v) is 3.59. The lowest BCUT2D eigenvalue weighted by Crippen LogP contribution is -1.92. The van der Waals surface area contributed by atoms with Gasteiger partial charge in [-0.1, -0.05) is 49.4 Å². The number of aldehydes is 1. The lowest BCUT2D eigenvalue weighted by molar-refractivity contribution is 0.112. The molecule has 0 radical (unpaired) electrons. The fourth-order valence-corrected chi connectivity index (χ4v) is 2.53. The number of hydrogen-bond donors (Lipinski definition) is 0.